The van der Waals surface area contributed by atoms with Gasteiger partial charge in [0.1, 0.15) is 6.04 Å². The van der Waals surface area contributed by atoms with Gasteiger partial charge in [0.15, 0.2) is 0 Å². The van der Waals surface area contributed by atoms with Crippen molar-refractivity contribution in [3.05, 3.63) is 0 Å². The highest BCUT2D eigenvalue weighted by molar-refractivity contribution is 5.84. The molecule has 0 aromatic carbocycles. The average Bonchev–Trinajstić information content (AvgIpc) is 2.11. The van der Waals surface area contributed by atoms with Crippen LogP contribution in [0.2, 0.25) is 0 Å². The van der Waals surface area contributed by atoms with Gasteiger partial charge in [0.25, 0.3) is 0 Å². The van der Waals surface area contributed by atoms with Crippen molar-refractivity contribution in [1.29, 1.82) is 0 Å². The summed E-state index contributed by atoms with van der Waals surface area (Å²) in [6.07, 6.45) is 0.375. The summed E-state index contributed by atoms with van der Waals surface area (Å²) < 4.78 is 4.57. The fourth-order valence-corrected chi connectivity index (χ4v) is 0.900. The minimum Gasteiger partial charge on any atom is -0.467 e. The van der Waals surface area contributed by atoms with Crippen LogP contribution in [0.15, 0.2) is 0 Å². The third-order valence-electron chi connectivity index (χ3n) is 1.76. The molecule has 0 radical (unpaired) electrons. The van der Waals surface area contributed by atoms with Crippen molar-refractivity contribution in [2.45, 2.75) is 33.2 Å². The molecule has 0 aliphatic rings. The third kappa shape index (κ3) is 3.92. The molecule has 1 amide bonds. The van der Waals surface area contributed by atoms with Crippen molar-refractivity contribution < 1.29 is 14.3 Å². The van der Waals surface area contributed by atoms with Crippen LogP contribution in [0.25, 0.3) is 0 Å². The summed E-state index contributed by atoms with van der Waals surface area (Å²) in [7, 11) is 1.32. The molecule has 0 saturated carbocycles. The van der Waals surface area contributed by atoms with E-state index < -0.39 is 12.0 Å². The van der Waals surface area contributed by atoms with Crippen molar-refractivity contribution in [2.24, 2.45) is 5.92 Å². The highest BCUT2D eigenvalue weighted by Gasteiger charge is 2.23. The summed E-state index contributed by atoms with van der Waals surface area (Å²) in [5.41, 5.74) is 0. The number of carbonyl (C=O) groups is 2. The van der Waals surface area contributed by atoms with E-state index in [0.717, 1.165) is 0 Å². The zero-order valence-electron chi connectivity index (χ0n) is 8.59. The van der Waals surface area contributed by atoms with Gasteiger partial charge in [0.05, 0.1) is 7.11 Å². The molecule has 0 saturated heterocycles. The van der Waals surface area contributed by atoms with Crippen molar-refractivity contribution >= 4 is 11.9 Å². The first-order valence-corrected chi connectivity index (χ1v) is 4.40. The lowest BCUT2D eigenvalue weighted by Crippen LogP contribution is -2.44. The summed E-state index contributed by atoms with van der Waals surface area (Å²) in [6, 6.07) is -0.530. The molecule has 1 unspecified atom stereocenters. The molecule has 0 heterocycles. The second-order valence-electron chi connectivity index (χ2n) is 3.17. The Balaban J connectivity index is 4.26. The Hall–Kier alpha value is -1.06. The molecule has 4 heteroatoms. The number of hydrogen-bond acceptors (Lipinski definition) is 3. The van der Waals surface area contributed by atoms with Gasteiger partial charge in [-0.15, -0.1) is 0 Å². The molecular weight excluding hydrogens is 170 g/mol. The molecule has 13 heavy (non-hydrogen) atoms. The molecule has 76 valence electrons. The highest BCUT2D eigenvalue weighted by atomic mass is 16.5. The van der Waals surface area contributed by atoms with Crippen LogP contribution in [0, 0.1) is 5.92 Å². The van der Waals surface area contributed by atoms with Crippen LogP contribution >= 0.6 is 0 Å². The normalized spacial score (nSPS) is 12.4. The van der Waals surface area contributed by atoms with Crippen LogP contribution in [-0.4, -0.2) is 25.0 Å². The van der Waals surface area contributed by atoms with E-state index >= 15 is 0 Å². The van der Waals surface area contributed by atoms with Gasteiger partial charge in [-0.3, -0.25) is 4.79 Å². The Morgan fingerprint density at radius 1 is 1.38 bits per heavy atom. The highest BCUT2D eigenvalue weighted by Crippen LogP contribution is 2.03. The number of ether oxygens (including phenoxy) is 1. The Labute approximate surface area is 78.6 Å². The Bertz CT molecular complexity index is 189. The molecule has 0 spiro atoms. The van der Waals surface area contributed by atoms with Crippen LogP contribution < -0.4 is 5.32 Å². The van der Waals surface area contributed by atoms with Gasteiger partial charge in [-0.1, -0.05) is 20.8 Å². The van der Waals surface area contributed by atoms with Crippen LogP contribution in [0.1, 0.15) is 27.2 Å². The summed E-state index contributed by atoms with van der Waals surface area (Å²) in [4.78, 5) is 22.2. The van der Waals surface area contributed by atoms with E-state index in [4.69, 9.17) is 0 Å². The molecule has 0 aliphatic carbocycles. The Morgan fingerprint density at radius 3 is 2.23 bits per heavy atom. The summed E-state index contributed by atoms with van der Waals surface area (Å²) in [5.74, 6) is -0.483. The molecule has 0 aromatic rings. The quantitative estimate of drug-likeness (QED) is 0.659. The van der Waals surface area contributed by atoms with Crippen molar-refractivity contribution in [1.82, 2.24) is 5.32 Å². The first-order chi connectivity index (χ1) is 6.02. The fourth-order valence-electron chi connectivity index (χ4n) is 0.900. The first kappa shape index (κ1) is 11.9. The minimum absolute atomic E-state index is 0.0444. The monoisotopic (exact) mass is 187 g/mol. The minimum atomic E-state index is -0.530. The number of amides is 1. The second-order valence-corrected chi connectivity index (χ2v) is 3.17. The van der Waals surface area contributed by atoms with Gasteiger partial charge < -0.3 is 10.1 Å². The van der Waals surface area contributed by atoms with Crippen molar-refractivity contribution in [3.63, 3.8) is 0 Å². The maximum atomic E-state index is 11.2. The number of methoxy groups -OCH3 is 1. The molecule has 0 aromatic heterocycles. The number of nitrogens with one attached hydrogen (secondary N) is 1. The number of rotatable bonds is 4. The van der Waals surface area contributed by atoms with Gasteiger partial charge in [-0.05, 0) is 5.92 Å². The van der Waals surface area contributed by atoms with E-state index in [1.165, 1.54) is 7.11 Å². The summed E-state index contributed by atoms with van der Waals surface area (Å²) in [5, 5.41) is 2.60. The van der Waals surface area contributed by atoms with E-state index in [-0.39, 0.29) is 11.8 Å². The smallest absolute Gasteiger partial charge is 0.328 e. The van der Waals surface area contributed by atoms with Crippen LogP contribution in [0.4, 0.5) is 0 Å². The van der Waals surface area contributed by atoms with Crippen molar-refractivity contribution in [2.75, 3.05) is 7.11 Å². The summed E-state index contributed by atoms with van der Waals surface area (Å²) >= 11 is 0. The predicted octanol–water partition coefficient (Wildman–Crippen LogP) is 0.710. The van der Waals surface area contributed by atoms with Gasteiger partial charge in [0, 0.05) is 6.42 Å². The maximum Gasteiger partial charge on any atom is 0.328 e. The first-order valence-electron chi connectivity index (χ1n) is 4.40. The third-order valence-corrected chi connectivity index (χ3v) is 1.76. The molecule has 1 atom stereocenters. The van der Waals surface area contributed by atoms with Crippen LogP contribution in [0.3, 0.4) is 0 Å². The van der Waals surface area contributed by atoms with E-state index in [1.807, 2.05) is 13.8 Å². The SMILES string of the molecule is CCC(=O)NC(C(=O)OC)C(C)C. The van der Waals surface area contributed by atoms with E-state index in [9.17, 15) is 9.59 Å². The topological polar surface area (TPSA) is 55.4 Å². The van der Waals surface area contributed by atoms with Gasteiger partial charge >= 0.3 is 5.97 Å². The Kier molecular flexibility index (Phi) is 5.11. The van der Waals surface area contributed by atoms with Gasteiger partial charge in [0.2, 0.25) is 5.91 Å². The molecule has 1 N–H and O–H groups in total. The number of esters is 1. The molecular formula is C9H17NO3. The van der Waals surface area contributed by atoms with E-state index in [1.54, 1.807) is 6.92 Å². The lowest BCUT2D eigenvalue weighted by Gasteiger charge is -2.19. The van der Waals surface area contributed by atoms with E-state index in [0.29, 0.717) is 6.42 Å². The maximum absolute atomic E-state index is 11.2. The molecule has 0 fully saturated rings. The standard InChI is InChI=1S/C9H17NO3/c1-5-7(11)10-8(6(2)3)9(12)13-4/h6,8H,5H2,1-4H3,(H,10,11). The Morgan fingerprint density at radius 2 is 1.92 bits per heavy atom. The number of hydrogen-bond donors (Lipinski definition) is 1. The molecule has 0 bridgehead atoms. The van der Waals surface area contributed by atoms with Crippen LogP contribution in [-0.2, 0) is 14.3 Å². The molecule has 4 nitrogen and oxygen atoms in total. The molecule has 0 aliphatic heterocycles. The molecule has 0 rings (SSSR count). The predicted molar refractivity (Wildman–Crippen MR) is 49.1 cm³/mol. The lowest BCUT2D eigenvalue weighted by molar-refractivity contribution is -0.146. The van der Waals surface area contributed by atoms with Gasteiger partial charge in [-0.25, -0.2) is 4.79 Å². The fraction of sp³-hybridized carbons (Fsp3) is 0.778. The second kappa shape index (κ2) is 5.56. The van der Waals surface area contributed by atoms with E-state index in [2.05, 4.69) is 10.1 Å². The lowest BCUT2D eigenvalue weighted by atomic mass is 10.0. The number of carbonyl (C=O) groups excluding carboxylic acids is 2. The van der Waals surface area contributed by atoms with Crippen LogP contribution in [0.5, 0.6) is 0 Å². The average molecular weight is 187 g/mol. The summed E-state index contributed by atoms with van der Waals surface area (Å²) in [6.45, 7) is 5.46. The zero-order valence-corrected chi connectivity index (χ0v) is 8.59. The largest absolute Gasteiger partial charge is 0.467 e. The van der Waals surface area contributed by atoms with Gasteiger partial charge in [-0.2, -0.15) is 0 Å². The van der Waals surface area contributed by atoms with Crippen molar-refractivity contribution in [3.8, 4) is 0 Å². The zero-order chi connectivity index (χ0) is 10.4.